The van der Waals surface area contributed by atoms with Crippen LogP contribution in [0.2, 0.25) is 0 Å². The van der Waals surface area contributed by atoms with Crippen molar-refractivity contribution in [2.75, 3.05) is 16.8 Å². The minimum atomic E-state index is -0.606. The van der Waals surface area contributed by atoms with Gasteiger partial charge in [0.15, 0.2) is 6.10 Å². The van der Waals surface area contributed by atoms with Crippen LogP contribution < -0.4 is 15.0 Å². The van der Waals surface area contributed by atoms with E-state index in [9.17, 15) is 9.59 Å². The smallest absolute Gasteiger partial charge is 0.268 e. The minimum absolute atomic E-state index is 0.0853. The molecule has 4 rings (SSSR count). The third-order valence-electron chi connectivity index (χ3n) is 5.59. The van der Waals surface area contributed by atoms with Crippen LogP contribution in [0.1, 0.15) is 35.0 Å². The normalized spacial score (nSPS) is 15.3. The van der Waals surface area contributed by atoms with Crippen LogP contribution in [0.4, 0.5) is 11.4 Å². The van der Waals surface area contributed by atoms with Gasteiger partial charge in [-0.15, -0.1) is 11.3 Å². The summed E-state index contributed by atoms with van der Waals surface area (Å²) in [7, 11) is 0. The molecular weight excluding hydrogens is 422 g/mol. The van der Waals surface area contributed by atoms with Crippen LogP contribution in [0.3, 0.4) is 0 Å². The molecule has 1 atom stereocenters. The number of hydrogen-bond acceptors (Lipinski definition) is 5. The summed E-state index contributed by atoms with van der Waals surface area (Å²) in [5, 5.41) is 5.95. The molecule has 166 valence electrons. The van der Waals surface area contributed by atoms with Crippen molar-refractivity contribution >= 4 is 34.5 Å². The zero-order valence-electron chi connectivity index (χ0n) is 19.0. The first-order valence-corrected chi connectivity index (χ1v) is 11.6. The highest BCUT2D eigenvalue weighted by Crippen LogP contribution is 2.38. The summed E-state index contributed by atoms with van der Waals surface area (Å²) in [6, 6.07) is 9.74. The van der Waals surface area contributed by atoms with Gasteiger partial charge in [0.25, 0.3) is 5.91 Å². The van der Waals surface area contributed by atoms with Gasteiger partial charge in [-0.25, -0.2) is 4.98 Å². The van der Waals surface area contributed by atoms with Crippen LogP contribution in [0.15, 0.2) is 35.7 Å². The fourth-order valence-corrected chi connectivity index (χ4v) is 4.72. The zero-order valence-corrected chi connectivity index (χ0v) is 19.8. The second-order valence-electron chi connectivity index (χ2n) is 8.20. The van der Waals surface area contributed by atoms with Gasteiger partial charge < -0.3 is 10.1 Å². The lowest BCUT2D eigenvalue weighted by Crippen LogP contribution is -2.48. The van der Waals surface area contributed by atoms with E-state index < -0.39 is 6.10 Å². The molecule has 0 fully saturated rings. The van der Waals surface area contributed by atoms with Crippen LogP contribution in [0, 0.1) is 27.7 Å². The Kier molecular flexibility index (Phi) is 6.02. The van der Waals surface area contributed by atoms with Crippen molar-refractivity contribution < 1.29 is 14.3 Å². The second-order valence-corrected chi connectivity index (χ2v) is 9.26. The molecule has 0 bridgehead atoms. The summed E-state index contributed by atoms with van der Waals surface area (Å²) in [4.78, 5) is 32.2. The number of aryl methyl sites for hydroxylation is 4. The Morgan fingerprint density at radius 3 is 2.50 bits per heavy atom. The van der Waals surface area contributed by atoms with Crippen molar-refractivity contribution in [3.63, 3.8) is 0 Å². The first kappa shape index (κ1) is 22.0. The summed E-state index contributed by atoms with van der Waals surface area (Å²) < 4.78 is 5.93. The third-order valence-corrected chi connectivity index (χ3v) is 6.36. The van der Waals surface area contributed by atoms with Gasteiger partial charge in [0.2, 0.25) is 5.91 Å². The number of carbonyl (C=O) groups excluding carboxylic acids is 2. The van der Waals surface area contributed by atoms with Crippen LogP contribution in [-0.2, 0) is 9.59 Å². The van der Waals surface area contributed by atoms with Crippen molar-refractivity contribution in [3.05, 3.63) is 57.4 Å². The first-order chi connectivity index (χ1) is 15.3. The lowest BCUT2D eigenvalue weighted by atomic mass is 10.0. The van der Waals surface area contributed by atoms with E-state index in [0.717, 1.165) is 38.6 Å². The highest BCUT2D eigenvalue weighted by Gasteiger charge is 2.35. The van der Waals surface area contributed by atoms with E-state index in [1.807, 2.05) is 70.3 Å². The molecule has 0 saturated carbocycles. The van der Waals surface area contributed by atoms with Gasteiger partial charge in [-0.1, -0.05) is 24.6 Å². The van der Waals surface area contributed by atoms with Gasteiger partial charge in [0, 0.05) is 16.6 Å². The standard InChI is InChI=1S/C25H27N3O3S/c1-6-21-25(30)28(12-23(29)27-24-15(3)9-14(2)10-16(24)4)20-11-18(7-8-22(20)31-21)19-13-32-17(5)26-19/h7-11,13,21H,6,12H2,1-5H3,(H,27,29). The number of amides is 2. The number of ether oxygens (including phenoxy) is 1. The van der Waals surface area contributed by atoms with Crippen molar-refractivity contribution in [1.82, 2.24) is 4.98 Å². The van der Waals surface area contributed by atoms with Crippen molar-refractivity contribution in [2.45, 2.75) is 47.1 Å². The number of fused-ring (bicyclic) bond motifs is 1. The SMILES string of the molecule is CCC1Oc2ccc(-c3csc(C)n3)cc2N(CC(=O)Nc2c(C)cc(C)cc2C)C1=O. The molecule has 2 aromatic carbocycles. The highest BCUT2D eigenvalue weighted by molar-refractivity contribution is 7.09. The zero-order chi connectivity index (χ0) is 23.0. The fraction of sp³-hybridized carbons (Fsp3) is 0.320. The molecular formula is C25H27N3O3S. The lowest BCUT2D eigenvalue weighted by Gasteiger charge is -2.34. The summed E-state index contributed by atoms with van der Waals surface area (Å²) in [6.45, 7) is 9.74. The number of nitrogens with one attached hydrogen (secondary N) is 1. The van der Waals surface area contributed by atoms with Crippen molar-refractivity contribution in [2.24, 2.45) is 0 Å². The number of nitrogens with zero attached hydrogens (tertiary/aromatic N) is 2. The number of benzene rings is 2. The van der Waals surface area contributed by atoms with Crippen molar-refractivity contribution in [1.29, 1.82) is 0 Å². The van der Waals surface area contributed by atoms with Crippen LogP contribution >= 0.6 is 11.3 Å². The maximum absolute atomic E-state index is 13.1. The fourth-order valence-electron chi connectivity index (χ4n) is 4.10. The van der Waals surface area contributed by atoms with Crippen LogP contribution in [0.5, 0.6) is 5.75 Å². The molecule has 3 aromatic rings. The van der Waals surface area contributed by atoms with Gasteiger partial charge >= 0.3 is 0 Å². The van der Waals surface area contributed by atoms with E-state index in [1.54, 1.807) is 11.3 Å². The van der Waals surface area contributed by atoms with Gasteiger partial charge in [0.1, 0.15) is 12.3 Å². The Balaban J connectivity index is 1.65. The molecule has 1 unspecified atom stereocenters. The van der Waals surface area contributed by atoms with Crippen LogP contribution in [0.25, 0.3) is 11.3 Å². The Hall–Kier alpha value is -3.19. The predicted molar refractivity (Wildman–Crippen MR) is 129 cm³/mol. The lowest BCUT2D eigenvalue weighted by molar-refractivity contribution is -0.128. The molecule has 1 aromatic heterocycles. The van der Waals surface area contributed by atoms with E-state index >= 15 is 0 Å². The van der Waals surface area contributed by atoms with Crippen molar-refractivity contribution in [3.8, 4) is 17.0 Å². The Morgan fingerprint density at radius 1 is 1.16 bits per heavy atom. The summed E-state index contributed by atoms with van der Waals surface area (Å²) in [5.41, 5.74) is 6.25. The van der Waals surface area contributed by atoms with E-state index in [4.69, 9.17) is 4.74 Å². The summed E-state index contributed by atoms with van der Waals surface area (Å²) >= 11 is 1.57. The molecule has 7 heteroatoms. The molecule has 1 aliphatic heterocycles. The monoisotopic (exact) mass is 449 g/mol. The van der Waals surface area contributed by atoms with Crippen LogP contribution in [-0.4, -0.2) is 29.4 Å². The van der Waals surface area contributed by atoms with E-state index in [-0.39, 0.29) is 18.4 Å². The molecule has 6 nitrogen and oxygen atoms in total. The number of thiazole rings is 1. The van der Waals surface area contributed by atoms with E-state index in [2.05, 4.69) is 10.3 Å². The molecule has 32 heavy (non-hydrogen) atoms. The number of aromatic nitrogens is 1. The topological polar surface area (TPSA) is 71.5 Å². The largest absolute Gasteiger partial charge is 0.478 e. The van der Waals surface area contributed by atoms with E-state index in [0.29, 0.717) is 17.9 Å². The molecule has 0 spiro atoms. The molecule has 1 aliphatic rings. The molecule has 0 saturated heterocycles. The molecule has 0 radical (unpaired) electrons. The summed E-state index contributed by atoms with van der Waals surface area (Å²) in [5.74, 6) is 0.146. The van der Waals surface area contributed by atoms with Gasteiger partial charge in [-0.2, -0.15) is 0 Å². The predicted octanol–water partition coefficient (Wildman–Crippen LogP) is 5.19. The van der Waals surface area contributed by atoms with Gasteiger partial charge in [0.05, 0.1) is 16.4 Å². The Morgan fingerprint density at radius 2 is 1.88 bits per heavy atom. The quantitative estimate of drug-likeness (QED) is 0.582. The molecule has 1 N–H and O–H groups in total. The van der Waals surface area contributed by atoms with Gasteiger partial charge in [-0.05, 0) is 63.4 Å². The Labute approximate surface area is 192 Å². The number of anilines is 2. The number of rotatable bonds is 5. The second kappa shape index (κ2) is 8.74. The summed E-state index contributed by atoms with van der Waals surface area (Å²) in [6.07, 6.45) is -0.0786. The average molecular weight is 450 g/mol. The third kappa shape index (κ3) is 4.25. The van der Waals surface area contributed by atoms with E-state index in [1.165, 1.54) is 4.90 Å². The average Bonchev–Trinajstić information content (AvgIpc) is 3.18. The highest BCUT2D eigenvalue weighted by atomic mass is 32.1. The number of carbonyl (C=O) groups is 2. The van der Waals surface area contributed by atoms with Gasteiger partial charge in [-0.3, -0.25) is 14.5 Å². The first-order valence-electron chi connectivity index (χ1n) is 10.7. The molecule has 2 heterocycles. The molecule has 0 aliphatic carbocycles. The maximum Gasteiger partial charge on any atom is 0.268 e. The molecule has 2 amide bonds. The Bertz CT molecular complexity index is 1180. The number of hydrogen-bond donors (Lipinski definition) is 1. The maximum atomic E-state index is 13.1. The minimum Gasteiger partial charge on any atom is -0.478 e.